The molecule has 0 unspecified atom stereocenters. The van der Waals surface area contributed by atoms with E-state index in [1.165, 1.54) is 0 Å². The van der Waals surface area contributed by atoms with E-state index in [2.05, 4.69) is 25.7 Å². The van der Waals surface area contributed by atoms with Crippen molar-refractivity contribution in [1.82, 2.24) is 10.2 Å². The fourth-order valence-electron chi connectivity index (χ4n) is 1.82. The SMILES string of the molecule is O=c1[nH][nH]c(Nc2ccccc2)c1N=Nc1ccc(Cl)cc1. The second-order valence-corrected chi connectivity index (χ2v) is 4.91. The van der Waals surface area contributed by atoms with Crippen LogP contribution < -0.4 is 10.9 Å². The summed E-state index contributed by atoms with van der Waals surface area (Å²) in [5.74, 6) is 0.453. The molecule has 0 aliphatic heterocycles. The first-order valence-corrected chi connectivity index (χ1v) is 6.90. The highest BCUT2D eigenvalue weighted by molar-refractivity contribution is 6.30. The van der Waals surface area contributed by atoms with E-state index in [9.17, 15) is 4.79 Å². The summed E-state index contributed by atoms with van der Waals surface area (Å²) in [5.41, 5.74) is 1.27. The maximum absolute atomic E-state index is 11.8. The lowest BCUT2D eigenvalue weighted by molar-refractivity contribution is 1.06. The van der Waals surface area contributed by atoms with Gasteiger partial charge in [-0.2, -0.15) is 5.11 Å². The fraction of sp³-hybridized carbons (Fsp3) is 0. The Labute approximate surface area is 130 Å². The Kier molecular flexibility index (Phi) is 4.02. The number of hydrogen-bond acceptors (Lipinski definition) is 4. The van der Waals surface area contributed by atoms with Crippen molar-refractivity contribution in [1.29, 1.82) is 0 Å². The van der Waals surface area contributed by atoms with E-state index in [-0.39, 0.29) is 11.2 Å². The summed E-state index contributed by atoms with van der Waals surface area (Å²) >= 11 is 5.81. The van der Waals surface area contributed by atoms with Crippen LogP contribution in [-0.2, 0) is 0 Å². The van der Waals surface area contributed by atoms with Gasteiger partial charge in [0.05, 0.1) is 5.69 Å². The number of hydrogen-bond donors (Lipinski definition) is 3. The number of anilines is 2. The van der Waals surface area contributed by atoms with Gasteiger partial charge in [-0.25, -0.2) is 0 Å². The van der Waals surface area contributed by atoms with Crippen LogP contribution in [0.4, 0.5) is 22.9 Å². The molecule has 0 spiro atoms. The number of aromatic nitrogens is 2. The van der Waals surface area contributed by atoms with E-state index in [0.717, 1.165) is 5.69 Å². The number of aromatic amines is 2. The Bertz CT molecular complexity index is 836. The average molecular weight is 314 g/mol. The topological polar surface area (TPSA) is 85.4 Å². The molecule has 0 amide bonds. The average Bonchev–Trinajstić information content (AvgIpc) is 2.88. The second-order valence-electron chi connectivity index (χ2n) is 4.47. The van der Waals surface area contributed by atoms with Gasteiger partial charge in [-0.15, -0.1) is 5.11 Å². The Balaban J connectivity index is 1.86. The van der Waals surface area contributed by atoms with E-state index in [1.54, 1.807) is 24.3 Å². The van der Waals surface area contributed by atoms with E-state index >= 15 is 0 Å². The Morgan fingerprint density at radius 3 is 2.36 bits per heavy atom. The number of nitrogens with zero attached hydrogens (tertiary/aromatic N) is 2. The molecule has 1 heterocycles. The summed E-state index contributed by atoms with van der Waals surface area (Å²) in [6.45, 7) is 0. The molecule has 0 saturated heterocycles. The Morgan fingerprint density at radius 2 is 1.64 bits per heavy atom. The molecule has 6 nitrogen and oxygen atoms in total. The third kappa shape index (κ3) is 3.24. The summed E-state index contributed by atoms with van der Waals surface area (Å²) in [6.07, 6.45) is 0. The molecule has 3 N–H and O–H groups in total. The molecule has 0 fully saturated rings. The molecule has 0 saturated carbocycles. The zero-order chi connectivity index (χ0) is 15.4. The van der Waals surface area contributed by atoms with Crippen LogP contribution in [0.5, 0.6) is 0 Å². The highest BCUT2D eigenvalue weighted by Gasteiger charge is 2.09. The predicted molar refractivity (Wildman–Crippen MR) is 86.8 cm³/mol. The summed E-state index contributed by atoms with van der Waals surface area (Å²) < 4.78 is 0. The maximum atomic E-state index is 11.8. The van der Waals surface area contributed by atoms with Crippen LogP contribution in [0.1, 0.15) is 0 Å². The van der Waals surface area contributed by atoms with Crippen LogP contribution in [0.3, 0.4) is 0 Å². The fourth-order valence-corrected chi connectivity index (χ4v) is 1.94. The van der Waals surface area contributed by atoms with Gasteiger partial charge in [0, 0.05) is 10.7 Å². The van der Waals surface area contributed by atoms with Crippen molar-refractivity contribution >= 4 is 34.5 Å². The number of benzene rings is 2. The third-order valence-electron chi connectivity index (χ3n) is 2.89. The standard InChI is InChI=1S/C15H12ClN5O/c16-10-6-8-12(9-7-10)18-19-13-14(20-21-15(13)22)17-11-4-2-1-3-5-11/h1-9H,(H3,17,20,21,22). The van der Waals surface area contributed by atoms with E-state index < -0.39 is 0 Å². The van der Waals surface area contributed by atoms with Crippen molar-refractivity contribution in [2.24, 2.45) is 10.2 Å². The van der Waals surface area contributed by atoms with Gasteiger partial charge in [-0.1, -0.05) is 29.8 Å². The minimum absolute atomic E-state index is 0.179. The van der Waals surface area contributed by atoms with Crippen molar-refractivity contribution < 1.29 is 0 Å². The Morgan fingerprint density at radius 1 is 0.909 bits per heavy atom. The summed E-state index contributed by atoms with van der Waals surface area (Å²) in [4.78, 5) is 11.8. The van der Waals surface area contributed by atoms with E-state index in [4.69, 9.17) is 11.6 Å². The number of H-pyrrole nitrogens is 2. The minimum atomic E-state index is -0.351. The first kappa shape index (κ1) is 14.1. The molecule has 0 aliphatic carbocycles. The highest BCUT2D eigenvalue weighted by atomic mass is 35.5. The molecule has 110 valence electrons. The summed E-state index contributed by atoms with van der Waals surface area (Å²) in [5, 5.41) is 17.0. The van der Waals surface area contributed by atoms with Crippen LogP contribution in [0, 0.1) is 0 Å². The summed E-state index contributed by atoms with van der Waals surface area (Å²) in [7, 11) is 0. The first-order valence-electron chi connectivity index (χ1n) is 6.52. The van der Waals surface area contributed by atoms with Crippen LogP contribution in [0.15, 0.2) is 69.6 Å². The van der Waals surface area contributed by atoms with Gasteiger partial charge in [-0.3, -0.25) is 15.0 Å². The van der Waals surface area contributed by atoms with Crippen LogP contribution in [-0.4, -0.2) is 10.2 Å². The monoisotopic (exact) mass is 313 g/mol. The molecule has 0 aliphatic rings. The molecule has 0 bridgehead atoms. The van der Waals surface area contributed by atoms with E-state index in [1.807, 2.05) is 30.3 Å². The Hall–Kier alpha value is -2.86. The number of nitrogens with one attached hydrogen (secondary N) is 3. The zero-order valence-electron chi connectivity index (χ0n) is 11.4. The molecule has 2 aromatic carbocycles. The lowest BCUT2D eigenvalue weighted by Crippen LogP contribution is -1.97. The van der Waals surface area contributed by atoms with Crippen molar-refractivity contribution in [3.8, 4) is 0 Å². The molecule has 7 heteroatoms. The minimum Gasteiger partial charge on any atom is -0.339 e. The molecular formula is C15H12ClN5O. The normalized spacial score (nSPS) is 11.0. The van der Waals surface area contributed by atoms with Crippen molar-refractivity contribution in [3.05, 3.63) is 70.0 Å². The number of para-hydroxylation sites is 1. The van der Waals surface area contributed by atoms with Gasteiger partial charge in [0.25, 0.3) is 5.56 Å². The highest BCUT2D eigenvalue weighted by Crippen LogP contribution is 2.24. The molecule has 3 rings (SSSR count). The molecule has 3 aromatic rings. The number of rotatable bonds is 4. The molecule has 22 heavy (non-hydrogen) atoms. The van der Waals surface area contributed by atoms with Gasteiger partial charge in [0.15, 0.2) is 11.5 Å². The first-order chi connectivity index (χ1) is 10.7. The van der Waals surface area contributed by atoms with Crippen molar-refractivity contribution in [2.45, 2.75) is 0 Å². The predicted octanol–water partition coefficient (Wildman–Crippen LogP) is 4.52. The zero-order valence-corrected chi connectivity index (χ0v) is 12.1. The lowest BCUT2D eigenvalue weighted by Gasteiger charge is -2.03. The second kappa shape index (κ2) is 6.28. The van der Waals surface area contributed by atoms with E-state index in [0.29, 0.717) is 16.5 Å². The van der Waals surface area contributed by atoms with Crippen molar-refractivity contribution in [3.63, 3.8) is 0 Å². The molecule has 0 radical (unpaired) electrons. The molecular weight excluding hydrogens is 302 g/mol. The molecule has 1 aromatic heterocycles. The van der Waals surface area contributed by atoms with Crippen LogP contribution in [0.25, 0.3) is 0 Å². The number of halogens is 1. The maximum Gasteiger partial charge on any atom is 0.294 e. The lowest BCUT2D eigenvalue weighted by atomic mass is 10.3. The van der Waals surface area contributed by atoms with Crippen LogP contribution in [0.2, 0.25) is 5.02 Å². The van der Waals surface area contributed by atoms with Gasteiger partial charge in [0.2, 0.25) is 0 Å². The smallest absolute Gasteiger partial charge is 0.294 e. The number of azo groups is 1. The van der Waals surface area contributed by atoms with Gasteiger partial charge >= 0.3 is 0 Å². The van der Waals surface area contributed by atoms with Gasteiger partial charge in [-0.05, 0) is 36.4 Å². The summed E-state index contributed by atoms with van der Waals surface area (Å²) in [6, 6.07) is 16.3. The van der Waals surface area contributed by atoms with Gasteiger partial charge < -0.3 is 5.32 Å². The van der Waals surface area contributed by atoms with Crippen LogP contribution >= 0.6 is 11.6 Å². The quantitative estimate of drug-likeness (QED) is 0.619. The largest absolute Gasteiger partial charge is 0.339 e. The van der Waals surface area contributed by atoms with Crippen molar-refractivity contribution in [2.75, 3.05) is 5.32 Å². The molecule has 0 atom stereocenters. The van der Waals surface area contributed by atoms with Gasteiger partial charge in [0.1, 0.15) is 0 Å². The third-order valence-corrected chi connectivity index (χ3v) is 3.14.